The third-order valence-corrected chi connectivity index (χ3v) is 2.62. The van der Waals surface area contributed by atoms with Crippen LogP contribution in [0.25, 0.3) is 0 Å². The first-order valence-electron chi connectivity index (χ1n) is 5.64. The number of nitrogens with zero attached hydrogens (tertiary/aromatic N) is 3. The molecule has 17 heavy (non-hydrogen) atoms. The number of amides is 2. The highest BCUT2D eigenvalue weighted by Crippen LogP contribution is 2.26. The minimum Gasteiger partial charge on any atom is -0.385 e. The van der Waals surface area contributed by atoms with Gasteiger partial charge in [-0.1, -0.05) is 19.9 Å². The molecule has 0 saturated carbocycles. The molecule has 2 heterocycles. The molecule has 1 aromatic heterocycles. The summed E-state index contributed by atoms with van der Waals surface area (Å²) in [7, 11) is 0. The minimum atomic E-state index is -0.265. The number of urea groups is 1. The first-order chi connectivity index (χ1) is 8.09. The first-order valence-corrected chi connectivity index (χ1v) is 5.64. The standard InChI is InChI=1S/C12H16N4O/c1-8(2)7-16-10(11(13)15-12(16)17)9-4-3-5-14-6-9/h3-6,8,10H,7H2,1-2H3,(H2,13,15,17). The number of rotatable bonds is 3. The van der Waals surface area contributed by atoms with Gasteiger partial charge in [-0.15, -0.1) is 0 Å². The van der Waals surface area contributed by atoms with Gasteiger partial charge in [-0.05, 0) is 12.0 Å². The van der Waals surface area contributed by atoms with Crippen LogP contribution in [0.15, 0.2) is 29.5 Å². The van der Waals surface area contributed by atoms with Gasteiger partial charge in [0.1, 0.15) is 11.9 Å². The zero-order valence-corrected chi connectivity index (χ0v) is 10.00. The van der Waals surface area contributed by atoms with Gasteiger partial charge in [-0.2, -0.15) is 4.99 Å². The molecule has 0 aromatic carbocycles. The van der Waals surface area contributed by atoms with Crippen molar-refractivity contribution < 1.29 is 4.79 Å². The molecule has 0 radical (unpaired) electrons. The zero-order valence-electron chi connectivity index (χ0n) is 10.00. The van der Waals surface area contributed by atoms with Gasteiger partial charge in [0, 0.05) is 24.5 Å². The van der Waals surface area contributed by atoms with Crippen molar-refractivity contribution in [2.24, 2.45) is 16.6 Å². The second-order valence-corrected chi connectivity index (χ2v) is 4.55. The largest absolute Gasteiger partial charge is 0.385 e. The zero-order chi connectivity index (χ0) is 12.4. The summed E-state index contributed by atoms with van der Waals surface area (Å²) in [6.07, 6.45) is 3.42. The van der Waals surface area contributed by atoms with Crippen LogP contribution in [0.3, 0.4) is 0 Å². The number of aliphatic imine (C=N–C) groups is 1. The number of aromatic nitrogens is 1. The number of nitrogens with two attached hydrogens (primary N) is 1. The summed E-state index contributed by atoms with van der Waals surface area (Å²) < 4.78 is 0. The van der Waals surface area contributed by atoms with Crippen molar-refractivity contribution in [3.05, 3.63) is 30.1 Å². The van der Waals surface area contributed by atoms with Crippen LogP contribution in [0.1, 0.15) is 25.5 Å². The maximum absolute atomic E-state index is 11.7. The normalized spacial score (nSPS) is 19.9. The second-order valence-electron chi connectivity index (χ2n) is 4.55. The van der Waals surface area contributed by atoms with E-state index in [-0.39, 0.29) is 12.1 Å². The van der Waals surface area contributed by atoms with Crippen LogP contribution in [0, 0.1) is 5.92 Å². The molecule has 0 saturated heterocycles. The van der Waals surface area contributed by atoms with Gasteiger partial charge in [0.25, 0.3) is 0 Å². The van der Waals surface area contributed by atoms with Crippen molar-refractivity contribution in [2.75, 3.05) is 6.54 Å². The molecule has 0 fully saturated rings. The second kappa shape index (κ2) is 4.53. The highest BCUT2D eigenvalue weighted by Gasteiger charge is 2.34. The predicted molar refractivity (Wildman–Crippen MR) is 65.5 cm³/mol. The minimum absolute atomic E-state index is 0.259. The van der Waals surface area contributed by atoms with Gasteiger partial charge in [-0.3, -0.25) is 4.98 Å². The number of carbonyl (C=O) groups excluding carboxylic acids is 1. The highest BCUT2D eigenvalue weighted by atomic mass is 16.2. The molecule has 0 aliphatic carbocycles. The van der Waals surface area contributed by atoms with Gasteiger partial charge in [-0.25, -0.2) is 4.79 Å². The maximum atomic E-state index is 11.7. The molecule has 2 N–H and O–H groups in total. The SMILES string of the molecule is CC(C)CN1C(=O)N=C(N)C1c1cccnc1. The summed E-state index contributed by atoms with van der Waals surface area (Å²) in [5, 5.41) is 0. The van der Waals surface area contributed by atoms with Crippen molar-refractivity contribution in [1.29, 1.82) is 0 Å². The van der Waals surface area contributed by atoms with Crippen molar-refractivity contribution in [1.82, 2.24) is 9.88 Å². The molecule has 5 heteroatoms. The van der Waals surface area contributed by atoms with Gasteiger partial charge < -0.3 is 10.6 Å². The third kappa shape index (κ3) is 2.27. The number of pyridine rings is 1. The van der Waals surface area contributed by atoms with Gasteiger partial charge >= 0.3 is 6.03 Å². The van der Waals surface area contributed by atoms with Crippen molar-refractivity contribution in [3.8, 4) is 0 Å². The van der Waals surface area contributed by atoms with Crippen LogP contribution in [0.5, 0.6) is 0 Å². The monoisotopic (exact) mass is 232 g/mol. The van der Waals surface area contributed by atoms with Crippen LogP contribution >= 0.6 is 0 Å². The van der Waals surface area contributed by atoms with Gasteiger partial charge in [0.15, 0.2) is 0 Å². The smallest absolute Gasteiger partial charge is 0.346 e. The molecule has 2 amide bonds. The molecular weight excluding hydrogens is 216 g/mol. The Morgan fingerprint density at radius 3 is 2.88 bits per heavy atom. The average Bonchev–Trinajstić information content (AvgIpc) is 2.54. The average molecular weight is 232 g/mol. The summed E-state index contributed by atoms with van der Waals surface area (Å²) >= 11 is 0. The molecule has 2 rings (SSSR count). The maximum Gasteiger partial charge on any atom is 0.346 e. The Balaban J connectivity index is 2.30. The summed E-state index contributed by atoms with van der Waals surface area (Å²) in [6, 6.07) is 3.22. The number of amidine groups is 1. The molecule has 5 nitrogen and oxygen atoms in total. The fourth-order valence-electron chi connectivity index (χ4n) is 1.97. The lowest BCUT2D eigenvalue weighted by Crippen LogP contribution is -2.35. The topological polar surface area (TPSA) is 71.6 Å². The Labute approximate surface area is 100 Å². The summed E-state index contributed by atoms with van der Waals surface area (Å²) in [5.74, 6) is 0.725. The first kappa shape index (κ1) is 11.6. The molecule has 0 spiro atoms. The van der Waals surface area contributed by atoms with E-state index in [2.05, 4.69) is 23.8 Å². The molecule has 1 aromatic rings. The Kier molecular flexibility index (Phi) is 3.08. The van der Waals surface area contributed by atoms with E-state index in [0.717, 1.165) is 5.56 Å². The number of hydrogen-bond donors (Lipinski definition) is 1. The fraction of sp³-hybridized carbons (Fsp3) is 0.417. The van der Waals surface area contributed by atoms with Crippen molar-refractivity contribution >= 4 is 11.9 Å². The molecule has 1 unspecified atom stereocenters. The van der Waals surface area contributed by atoms with E-state index >= 15 is 0 Å². The summed E-state index contributed by atoms with van der Waals surface area (Å²) in [4.78, 5) is 21.3. The number of hydrogen-bond acceptors (Lipinski definition) is 3. The van der Waals surface area contributed by atoms with Crippen LogP contribution in [-0.4, -0.2) is 28.3 Å². The van der Waals surface area contributed by atoms with Crippen molar-refractivity contribution in [3.63, 3.8) is 0 Å². The van der Waals surface area contributed by atoms with Crippen LogP contribution in [0.2, 0.25) is 0 Å². The fourth-order valence-corrected chi connectivity index (χ4v) is 1.97. The van der Waals surface area contributed by atoms with Crippen LogP contribution in [-0.2, 0) is 0 Å². The quantitative estimate of drug-likeness (QED) is 0.859. The molecular formula is C12H16N4O. The van der Waals surface area contributed by atoms with Gasteiger partial charge in [0.2, 0.25) is 0 Å². The summed E-state index contributed by atoms with van der Waals surface area (Å²) in [6.45, 7) is 4.76. The summed E-state index contributed by atoms with van der Waals surface area (Å²) in [5.41, 5.74) is 6.73. The van der Waals surface area contributed by atoms with E-state index in [9.17, 15) is 4.79 Å². The lowest BCUT2D eigenvalue weighted by molar-refractivity contribution is 0.199. The Morgan fingerprint density at radius 1 is 1.53 bits per heavy atom. The molecule has 90 valence electrons. The third-order valence-electron chi connectivity index (χ3n) is 2.62. The molecule has 1 aliphatic rings. The Morgan fingerprint density at radius 2 is 2.29 bits per heavy atom. The Bertz CT molecular complexity index is 441. The predicted octanol–water partition coefficient (Wildman–Crippen LogP) is 1.57. The lowest BCUT2D eigenvalue weighted by atomic mass is 10.1. The lowest BCUT2D eigenvalue weighted by Gasteiger charge is -2.25. The van der Waals surface area contributed by atoms with Gasteiger partial charge in [0.05, 0.1) is 0 Å². The number of carbonyl (C=O) groups is 1. The van der Waals surface area contributed by atoms with E-state index in [1.807, 2.05) is 12.1 Å². The molecule has 1 atom stereocenters. The van der Waals surface area contributed by atoms with E-state index in [1.54, 1.807) is 17.3 Å². The van der Waals surface area contributed by atoms with E-state index in [4.69, 9.17) is 5.73 Å². The molecule has 0 bridgehead atoms. The molecule has 1 aliphatic heterocycles. The van der Waals surface area contributed by atoms with E-state index < -0.39 is 0 Å². The highest BCUT2D eigenvalue weighted by molar-refractivity contribution is 6.03. The van der Waals surface area contributed by atoms with E-state index in [0.29, 0.717) is 18.3 Å². The van der Waals surface area contributed by atoms with Crippen molar-refractivity contribution in [2.45, 2.75) is 19.9 Å². The van der Waals surface area contributed by atoms with Crippen LogP contribution < -0.4 is 5.73 Å². The Hall–Kier alpha value is -1.91. The van der Waals surface area contributed by atoms with E-state index in [1.165, 1.54) is 0 Å². The van der Waals surface area contributed by atoms with Crippen LogP contribution in [0.4, 0.5) is 4.79 Å².